The van der Waals surface area contributed by atoms with Crippen LogP contribution in [0.3, 0.4) is 0 Å². The van der Waals surface area contributed by atoms with Crippen molar-refractivity contribution in [3.05, 3.63) is 41.0 Å². The first-order chi connectivity index (χ1) is 13.0. The highest BCUT2D eigenvalue weighted by atomic mass is 35.5. The molecular formula is C18H19ClN2O6. The van der Waals surface area contributed by atoms with Crippen LogP contribution in [0.5, 0.6) is 17.4 Å². The highest BCUT2D eigenvalue weighted by molar-refractivity contribution is 6.32. The topological polar surface area (TPSA) is 96.0 Å². The first-order valence-electron chi connectivity index (χ1n) is 7.96. The maximum Gasteiger partial charge on any atom is 0.344 e. The molecule has 0 saturated heterocycles. The van der Waals surface area contributed by atoms with Gasteiger partial charge in [0.05, 0.1) is 31.5 Å². The molecule has 1 N–H and O–H groups in total. The van der Waals surface area contributed by atoms with E-state index in [1.165, 1.54) is 38.6 Å². The molecule has 1 heterocycles. The van der Waals surface area contributed by atoms with Gasteiger partial charge in [0, 0.05) is 12.3 Å². The van der Waals surface area contributed by atoms with Crippen molar-refractivity contribution in [3.8, 4) is 17.4 Å². The number of benzene rings is 1. The first-order valence-corrected chi connectivity index (χ1v) is 8.34. The average Bonchev–Trinajstić information content (AvgIpc) is 2.67. The molecule has 0 aliphatic heterocycles. The molecule has 0 unspecified atom stereocenters. The normalized spacial score (nSPS) is 10.1. The largest absolute Gasteiger partial charge is 0.495 e. The number of methoxy groups -OCH3 is 2. The molecule has 2 rings (SSSR count). The predicted octanol–water partition coefficient (Wildman–Crippen LogP) is 2.95. The number of carbonyl (C=O) groups excluding carboxylic acids is 2. The van der Waals surface area contributed by atoms with Crippen molar-refractivity contribution < 1.29 is 28.5 Å². The molecule has 0 aliphatic carbocycles. The van der Waals surface area contributed by atoms with Gasteiger partial charge in [0.2, 0.25) is 5.88 Å². The van der Waals surface area contributed by atoms with Crippen molar-refractivity contribution in [1.82, 2.24) is 4.98 Å². The van der Waals surface area contributed by atoms with Crippen LogP contribution in [0.4, 0.5) is 5.69 Å². The number of hydrogen-bond acceptors (Lipinski definition) is 7. The fraction of sp³-hybridized carbons (Fsp3) is 0.278. The van der Waals surface area contributed by atoms with E-state index in [2.05, 4.69) is 10.3 Å². The molecule has 1 aromatic carbocycles. The monoisotopic (exact) mass is 394 g/mol. The molecule has 0 radical (unpaired) electrons. The number of hydrogen-bond donors (Lipinski definition) is 1. The molecule has 1 amide bonds. The van der Waals surface area contributed by atoms with E-state index in [1.807, 2.05) is 0 Å². The summed E-state index contributed by atoms with van der Waals surface area (Å²) in [5.41, 5.74) is 0.456. The van der Waals surface area contributed by atoms with Crippen LogP contribution in [0, 0.1) is 0 Å². The van der Waals surface area contributed by atoms with E-state index in [0.717, 1.165) is 0 Å². The van der Waals surface area contributed by atoms with Gasteiger partial charge in [-0.05, 0) is 25.1 Å². The SMILES string of the molecule is CCOc1ncccc1C(=O)OCC(=O)Nc1cc(Cl)c(OC)cc1OC. The Morgan fingerprint density at radius 3 is 2.59 bits per heavy atom. The highest BCUT2D eigenvalue weighted by Crippen LogP contribution is 2.35. The van der Waals surface area contributed by atoms with E-state index in [4.69, 9.17) is 30.5 Å². The zero-order valence-corrected chi connectivity index (χ0v) is 15.8. The van der Waals surface area contributed by atoms with Gasteiger partial charge in [-0.2, -0.15) is 0 Å². The fourth-order valence-electron chi connectivity index (χ4n) is 2.15. The molecule has 1 aromatic heterocycles. The summed E-state index contributed by atoms with van der Waals surface area (Å²) in [7, 11) is 2.91. The van der Waals surface area contributed by atoms with Crippen LogP contribution in [0.25, 0.3) is 0 Å². The Balaban J connectivity index is 2.03. The lowest BCUT2D eigenvalue weighted by Crippen LogP contribution is -2.21. The van der Waals surface area contributed by atoms with Crippen molar-refractivity contribution in [2.45, 2.75) is 6.92 Å². The van der Waals surface area contributed by atoms with Gasteiger partial charge in [-0.3, -0.25) is 4.79 Å². The van der Waals surface area contributed by atoms with Crippen LogP contribution in [0.15, 0.2) is 30.5 Å². The summed E-state index contributed by atoms with van der Waals surface area (Å²) in [6.07, 6.45) is 1.49. The molecule has 0 spiro atoms. The van der Waals surface area contributed by atoms with E-state index in [9.17, 15) is 9.59 Å². The third-order valence-electron chi connectivity index (χ3n) is 3.35. The number of nitrogens with one attached hydrogen (secondary N) is 1. The van der Waals surface area contributed by atoms with Crippen LogP contribution in [-0.2, 0) is 9.53 Å². The number of carbonyl (C=O) groups is 2. The lowest BCUT2D eigenvalue weighted by molar-refractivity contribution is -0.119. The number of nitrogens with zero attached hydrogens (tertiary/aromatic N) is 1. The number of rotatable bonds is 8. The van der Waals surface area contributed by atoms with Crippen LogP contribution in [0.1, 0.15) is 17.3 Å². The molecule has 144 valence electrons. The highest BCUT2D eigenvalue weighted by Gasteiger charge is 2.17. The van der Waals surface area contributed by atoms with E-state index in [1.54, 1.807) is 13.0 Å². The number of aromatic nitrogens is 1. The van der Waals surface area contributed by atoms with Crippen LogP contribution >= 0.6 is 11.6 Å². The quantitative estimate of drug-likeness (QED) is 0.687. The molecule has 0 saturated carbocycles. The van der Waals surface area contributed by atoms with Crippen LogP contribution in [0.2, 0.25) is 5.02 Å². The Labute approximate surface area is 161 Å². The molecule has 8 nitrogen and oxygen atoms in total. The van der Waals surface area contributed by atoms with Gasteiger partial charge in [-0.15, -0.1) is 0 Å². The Bertz CT molecular complexity index is 827. The first kappa shape index (κ1) is 20.3. The maximum atomic E-state index is 12.2. The summed E-state index contributed by atoms with van der Waals surface area (Å²) in [5, 5.41) is 2.87. The van der Waals surface area contributed by atoms with Crippen molar-refractivity contribution >= 4 is 29.2 Å². The van der Waals surface area contributed by atoms with Gasteiger partial charge >= 0.3 is 5.97 Å². The number of amides is 1. The van der Waals surface area contributed by atoms with Gasteiger partial charge < -0.3 is 24.3 Å². The Morgan fingerprint density at radius 2 is 1.93 bits per heavy atom. The van der Waals surface area contributed by atoms with Gasteiger partial charge in [0.1, 0.15) is 17.1 Å². The van der Waals surface area contributed by atoms with Crippen molar-refractivity contribution in [2.75, 3.05) is 32.8 Å². The van der Waals surface area contributed by atoms with Gasteiger partial charge in [0.25, 0.3) is 5.91 Å². The predicted molar refractivity (Wildman–Crippen MR) is 98.9 cm³/mol. The maximum absolute atomic E-state index is 12.2. The zero-order chi connectivity index (χ0) is 19.8. The lowest BCUT2D eigenvalue weighted by atomic mass is 10.2. The van der Waals surface area contributed by atoms with Crippen molar-refractivity contribution in [2.24, 2.45) is 0 Å². The molecule has 0 bridgehead atoms. The molecule has 9 heteroatoms. The van der Waals surface area contributed by atoms with E-state index in [-0.39, 0.29) is 11.4 Å². The smallest absolute Gasteiger partial charge is 0.344 e. The van der Waals surface area contributed by atoms with E-state index < -0.39 is 18.5 Å². The van der Waals surface area contributed by atoms with E-state index in [0.29, 0.717) is 28.8 Å². The van der Waals surface area contributed by atoms with Crippen LogP contribution in [-0.4, -0.2) is 44.3 Å². The number of anilines is 1. The summed E-state index contributed by atoms with van der Waals surface area (Å²) in [6.45, 7) is 1.60. The fourth-order valence-corrected chi connectivity index (χ4v) is 2.39. The molecule has 27 heavy (non-hydrogen) atoms. The number of pyridine rings is 1. The molecule has 0 atom stereocenters. The number of halogens is 1. The molecular weight excluding hydrogens is 376 g/mol. The summed E-state index contributed by atoms with van der Waals surface area (Å²) < 4.78 is 20.6. The van der Waals surface area contributed by atoms with Gasteiger partial charge in [-0.25, -0.2) is 9.78 Å². The summed E-state index contributed by atoms with van der Waals surface area (Å²) >= 11 is 6.06. The summed E-state index contributed by atoms with van der Waals surface area (Å²) in [6, 6.07) is 6.09. The molecule has 2 aromatic rings. The number of esters is 1. The summed E-state index contributed by atoms with van der Waals surface area (Å²) in [4.78, 5) is 28.3. The minimum atomic E-state index is -0.721. The standard InChI is InChI=1S/C18H19ClN2O6/c1-4-26-17-11(6-5-7-20-17)18(23)27-10-16(22)21-13-8-12(19)14(24-2)9-15(13)25-3/h5-9H,4,10H2,1-3H3,(H,21,22). The Morgan fingerprint density at radius 1 is 1.19 bits per heavy atom. The number of ether oxygens (including phenoxy) is 4. The molecule has 0 aliphatic rings. The van der Waals surface area contributed by atoms with Crippen LogP contribution < -0.4 is 19.5 Å². The minimum absolute atomic E-state index is 0.136. The summed E-state index contributed by atoms with van der Waals surface area (Å²) in [5.74, 6) is -0.389. The second-order valence-electron chi connectivity index (χ2n) is 5.10. The van der Waals surface area contributed by atoms with Crippen molar-refractivity contribution in [3.63, 3.8) is 0 Å². The van der Waals surface area contributed by atoms with Crippen molar-refractivity contribution in [1.29, 1.82) is 0 Å². The Kier molecular flexibility index (Phi) is 7.25. The third kappa shape index (κ3) is 5.24. The minimum Gasteiger partial charge on any atom is -0.495 e. The zero-order valence-electron chi connectivity index (χ0n) is 15.1. The Hall–Kier alpha value is -3.00. The third-order valence-corrected chi connectivity index (χ3v) is 3.65. The van der Waals surface area contributed by atoms with Gasteiger partial charge in [-0.1, -0.05) is 11.6 Å². The van der Waals surface area contributed by atoms with E-state index >= 15 is 0 Å². The van der Waals surface area contributed by atoms with Gasteiger partial charge in [0.15, 0.2) is 6.61 Å². The molecule has 0 fully saturated rings. The second-order valence-corrected chi connectivity index (χ2v) is 5.51. The average molecular weight is 395 g/mol. The lowest BCUT2D eigenvalue weighted by Gasteiger charge is -2.13. The second kappa shape index (κ2) is 9.63.